The molecular weight excluding hydrogens is 323 g/mol. The summed E-state index contributed by atoms with van der Waals surface area (Å²) in [5.74, 6) is -1.68. The second-order valence-electron chi connectivity index (χ2n) is 5.26. The van der Waals surface area contributed by atoms with E-state index < -0.39 is 11.8 Å². The Hall–Kier alpha value is -2.59. The predicted molar refractivity (Wildman–Crippen MR) is 93.9 cm³/mol. The molecule has 3 aromatic carbocycles. The van der Waals surface area contributed by atoms with Crippen LogP contribution in [0, 0.1) is 5.82 Å². The van der Waals surface area contributed by atoms with Gasteiger partial charge in [0.05, 0.1) is 10.8 Å². The largest absolute Gasteiger partial charge is 0.478 e. The molecule has 4 heteroatoms. The van der Waals surface area contributed by atoms with Gasteiger partial charge in [0.25, 0.3) is 0 Å². The fraction of sp³-hybridized carbons (Fsp3) is 0.0500. The van der Waals surface area contributed by atoms with E-state index in [2.05, 4.69) is 0 Å². The van der Waals surface area contributed by atoms with Gasteiger partial charge in [0, 0.05) is 4.90 Å². The molecule has 0 atom stereocenters. The first kappa shape index (κ1) is 16.3. The number of hydrogen-bond donors (Lipinski definition) is 1. The van der Waals surface area contributed by atoms with Gasteiger partial charge in [0.1, 0.15) is 5.82 Å². The molecule has 3 rings (SSSR count). The summed E-state index contributed by atoms with van der Waals surface area (Å²) in [4.78, 5) is 12.0. The third-order valence-electron chi connectivity index (χ3n) is 3.62. The van der Waals surface area contributed by atoms with Gasteiger partial charge in [-0.15, -0.1) is 11.8 Å². The summed E-state index contributed by atoms with van der Waals surface area (Å²) in [6, 6.07) is 23.6. The maximum atomic E-state index is 13.4. The van der Waals surface area contributed by atoms with Crippen LogP contribution in [0.5, 0.6) is 0 Å². The van der Waals surface area contributed by atoms with Crippen LogP contribution < -0.4 is 0 Å². The highest BCUT2D eigenvalue weighted by atomic mass is 32.2. The Morgan fingerprint density at radius 2 is 1.42 bits per heavy atom. The fourth-order valence-corrected chi connectivity index (χ4v) is 3.74. The minimum atomic E-state index is -1.13. The molecule has 0 saturated carbocycles. The van der Waals surface area contributed by atoms with Gasteiger partial charge in [-0.3, -0.25) is 0 Å². The molecule has 0 unspecified atom stereocenters. The van der Waals surface area contributed by atoms with E-state index in [9.17, 15) is 14.3 Å². The summed E-state index contributed by atoms with van der Waals surface area (Å²) < 4.78 is 13.4. The number of rotatable bonds is 5. The molecule has 3 aromatic rings. The van der Waals surface area contributed by atoms with Crippen molar-refractivity contribution in [2.75, 3.05) is 0 Å². The molecule has 0 aliphatic carbocycles. The van der Waals surface area contributed by atoms with Gasteiger partial charge in [-0.2, -0.15) is 0 Å². The van der Waals surface area contributed by atoms with E-state index in [1.807, 2.05) is 60.7 Å². The van der Waals surface area contributed by atoms with E-state index in [4.69, 9.17) is 0 Å². The van der Waals surface area contributed by atoms with Crippen molar-refractivity contribution in [1.82, 2.24) is 0 Å². The molecule has 0 saturated heterocycles. The number of benzene rings is 3. The molecule has 0 aliphatic rings. The number of hydrogen-bond acceptors (Lipinski definition) is 2. The normalized spacial score (nSPS) is 10.8. The highest BCUT2D eigenvalue weighted by Gasteiger charge is 2.19. The lowest BCUT2D eigenvalue weighted by molar-refractivity contribution is 0.0692. The van der Waals surface area contributed by atoms with Gasteiger partial charge in [-0.1, -0.05) is 60.7 Å². The second-order valence-corrected chi connectivity index (χ2v) is 6.41. The summed E-state index contributed by atoms with van der Waals surface area (Å²) in [6.45, 7) is 0. The third kappa shape index (κ3) is 3.66. The predicted octanol–water partition coefficient (Wildman–Crippen LogP) is 5.41. The minimum absolute atomic E-state index is 0.0168. The first-order chi connectivity index (χ1) is 11.6. The van der Waals surface area contributed by atoms with Crippen molar-refractivity contribution in [2.45, 2.75) is 10.1 Å². The molecule has 24 heavy (non-hydrogen) atoms. The molecule has 0 heterocycles. The Balaban J connectivity index is 2.04. The minimum Gasteiger partial charge on any atom is -0.478 e. The van der Waals surface area contributed by atoms with Crippen LogP contribution >= 0.6 is 11.8 Å². The summed E-state index contributed by atoms with van der Waals surface area (Å²) in [7, 11) is 0. The molecule has 120 valence electrons. The lowest BCUT2D eigenvalue weighted by Crippen LogP contribution is -2.02. The number of thioether (sulfide) groups is 1. The van der Waals surface area contributed by atoms with E-state index >= 15 is 0 Å². The topological polar surface area (TPSA) is 37.3 Å². The first-order valence-corrected chi connectivity index (χ1v) is 8.32. The number of aromatic carboxylic acids is 1. The summed E-state index contributed by atoms with van der Waals surface area (Å²) in [6.07, 6.45) is 0. The van der Waals surface area contributed by atoms with Crippen LogP contribution in [-0.4, -0.2) is 11.1 Å². The average Bonchev–Trinajstić information content (AvgIpc) is 2.62. The molecule has 2 nitrogen and oxygen atoms in total. The molecular formula is C20H15FO2S. The number of carbonyl (C=O) groups is 1. The van der Waals surface area contributed by atoms with E-state index in [0.717, 1.165) is 17.2 Å². The highest BCUT2D eigenvalue weighted by molar-refractivity contribution is 7.99. The van der Waals surface area contributed by atoms with Crippen LogP contribution in [0.3, 0.4) is 0 Å². The monoisotopic (exact) mass is 338 g/mol. The average molecular weight is 338 g/mol. The molecule has 0 aliphatic heterocycles. The first-order valence-electron chi connectivity index (χ1n) is 7.44. The number of carboxylic acid groups (broad SMARTS) is 1. The number of halogens is 1. The smallest absolute Gasteiger partial charge is 0.336 e. The summed E-state index contributed by atoms with van der Waals surface area (Å²) in [5.41, 5.74) is 2.11. The number of carboxylic acids is 1. The van der Waals surface area contributed by atoms with Crippen molar-refractivity contribution in [3.05, 3.63) is 101 Å². The van der Waals surface area contributed by atoms with E-state index in [1.165, 1.54) is 23.9 Å². The maximum absolute atomic E-state index is 13.4. The Kier molecular flexibility index (Phi) is 4.96. The molecule has 0 radical (unpaired) electrons. The quantitative estimate of drug-likeness (QED) is 0.632. The molecule has 1 N–H and O–H groups in total. The van der Waals surface area contributed by atoms with Crippen LogP contribution in [-0.2, 0) is 0 Å². The van der Waals surface area contributed by atoms with E-state index in [1.54, 1.807) is 0 Å². The third-order valence-corrected chi connectivity index (χ3v) is 5.01. The van der Waals surface area contributed by atoms with Crippen LogP contribution in [0.4, 0.5) is 4.39 Å². The van der Waals surface area contributed by atoms with Gasteiger partial charge in [0.2, 0.25) is 0 Å². The summed E-state index contributed by atoms with van der Waals surface area (Å²) in [5, 5.41) is 9.29. The van der Waals surface area contributed by atoms with Crippen molar-refractivity contribution < 1.29 is 14.3 Å². The van der Waals surface area contributed by atoms with E-state index in [0.29, 0.717) is 4.90 Å². The van der Waals surface area contributed by atoms with Gasteiger partial charge in [-0.05, 0) is 29.3 Å². The zero-order chi connectivity index (χ0) is 16.9. The van der Waals surface area contributed by atoms with Crippen molar-refractivity contribution in [3.63, 3.8) is 0 Å². The lowest BCUT2D eigenvalue weighted by Gasteiger charge is -2.19. The molecule has 0 fully saturated rings. The Morgan fingerprint density at radius 3 is 1.92 bits per heavy atom. The van der Waals surface area contributed by atoms with Gasteiger partial charge < -0.3 is 5.11 Å². The van der Waals surface area contributed by atoms with Crippen molar-refractivity contribution in [3.8, 4) is 0 Å². The Labute approximate surface area is 144 Å². The Bertz CT molecular complexity index is 795. The van der Waals surface area contributed by atoms with Crippen molar-refractivity contribution >= 4 is 17.7 Å². The lowest BCUT2D eigenvalue weighted by atomic mass is 10.0. The molecule has 0 spiro atoms. The van der Waals surface area contributed by atoms with Crippen LogP contribution in [0.25, 0.3) is 0 Å². The maximum Gasteiger partial charge on any atom is 0.336 e. The molecule has 0 amide bonds. The highest BCUT2D eigenvalue weighted by Crippen LogP contribution is 2.41. The second kappa shape index (κ2) is 7.32. The van der Waals surface area contributed by atoms with Gasteiger partial charge in [-0.25, -0.2) is 9.18 Å². The van der Waals surface area contributed by atoms with Crippen LogP contribution in [0.2, 0.25) is 0 Å². The zero-order valence-corrected chi connectivity index (χ0v) is 13.5. The van der Waals surface area contributed by atoms with Gasteiger partial charge >= 0.3 is 5.97 Å². The zero-order valence-electron chi connectivity index (χ0n) is 12.7. The van der Waals surface area contributed by atoms with Gasteiger partial charge in [0.15, 0.2) is 0 Å². The standard InChI is InChI=1S/C20H15FO2S/c21-16-11-12-18(17(13-16)20(22)23)24-19(14-7-3-1-4-8-14)15-9-5-2-6-10-15/h1-13,19H,(H,22,23). The van der Waals surface area contributed by atoms with Crippen LogP contribution in [0.1, 0.15) is 26.7 Å². The van der Waals surface area contributed by atoms with Crippen molar-refractivity contribution in [1.29, 1.82) is 0 Å². The van der Waals surface area contributed by atoms with Crippen LogP contribution in [0.15, 0.2) is 83.8 Å². The SMILES string of the molecule is O=C(O)c1cc(F)ccc1SC(c1ccccc1)c1ccccc1. The molecule has 0 aromatic heterocycles. The molecule has 0 bridgehead atoms. The fourth-order valence-electron chi connectivity index (χ4n) is 2.48. The Morgan fingerprint density at radius 1 is 0.875 bits per heavy atom. The summed E-state index contributed by atoms with van der Waals surface area (Å²) >= 11 is 1.41. The van der Waals surface area contributed by atoms with E-state index in [-0.39, 0.29) is 10.8 Å². The van der Waals surface area contributed by atoms with Crippen molar-refractivity contribution in [2.24, 2.45) is 0 Å².